The van der Waals surface area contributed by atoms with E-state index < -0.39 is 10.0 Å². The predicted molar refractivity (Wildman–Crippen MR) is 74.5 cm³/mol. The van der Waals surface area contributed by atoms with Crippen LogP contribution in [0.4, 0.5) is 5.69 Å². The molecular formula is C13H20N2O3S. The fourth-order valence-corrected chi connectivity index (χ4v) is 4.08. The van der Waals surface area contributed by atoms with Gasteiger partial charge in [-0.15, -0.1) is 0 Å². The van der Waals surface area contributed by atoms with Crippen LogP contribution in [0.5, 0.6) is 0 Å². The number of nitrogens with two attached hydrogens (primary N) is 1. The first-order valence-electron chi connectivity index (χ1n) is 6.32. The number of ether oxygens (including phenoxy) is 1. The molecule has 0 amide bonds. The molecule has 5 nitrogen and oxygen atoms in total. The first kappa shape index (κ1) is 14.3. The lowest BCUT2D eigenvalue weighted by atomic mass is 10.1. The highest BCUT2D eigenvalue weighted by Crippen LogP contribution is 2.27. The van der Waals surface area contributed by atoms with Crippen LogP contribution in [-0.4, -0.2) is 27.2 Å². The van der Waals surface area contributed by atoms with Gasteiger partial charge in [-0.1, -0.05) is 12.1 Å². The van der Waals surface area contributed by atoms with Crippen LogP contribution in [0, 0.1) is 13.8 Å². The van der Waals surface area contributed by atoms with E-state index in [1.165, 1.54) is 0 Å². The Kier molecular flexibility index (Phi) is 3.85. The molecule has 0 bridgehead atoms. The van der Waals surface area contributed by atoms with Crippen molar-refractivity contribution >= 4 is 15.7 Å². The Morgan fingerprint density at radius 3 is 2.53 bits per heavy atom. The second-order valence-corrected chi connectivity index (χ2v) is 6.69. The smallest absolute Gasteiger partial charge is 0.243 e. The zero-order valence-corrected chi connectivity index (χ0v) is 12.3. The summed E-state index contributed by atoms with van der Waals surface area (Å²) in [7, 11) is -3.62. The molecule has 2 unspecified atom stereocenters. The average molecular weight is 284 g/mol. The second-order valence-electron chi connectivity index (χ2n) is 5.03. The van der Waals surface area contributed by atoms with Gasteiger partial charge in [-0.3, -0.25) is 0 Å². The number of benzene rings is 1. The van der Waals surface area contributed by atoms with Crippen LogP contribution in [0.2, 0.25) is 0 Å². The summed E-state index contributed by atoms with van der Waals surface area (Å²) in [5, 5.41) is 0. The molecule has 1 fully saturated rings. The number of rotatable bonds is 3. The number of nitrogens with one attached hydrogen (secondary N) is 1. The molecule has 2 rings (SSSR count). The molecule has 19 heavy (non-hydrogen) atoms. The summed E-state index contributed by atoms with van der Waals surface area (Å²) in [5.41, 5.74) is 7.67. The molecule has 1 aromatic carbocycles. The Hall–Kier alpha value is -1.11. The van der Waals surface area contributed by atoms with Gasteiger partial charge in [-0.2, -0.15) is 0 Å². The minimum Gasteiger partial charge on any atom is -0.397 e. The van der Waals surface area contributed by atoms with Gasteiger partial charge in [0, 0.05) is 6.61 Å². The minimum absolute atomic E-state index is 0.110. The first-order valence-corrected chi connectivity index (χ1v) is 7.81. The molecule has 106 valence electrons. The number of anilines is 1. The van der Waals surface area contributed by atoms with E-state index in [9.17, 15) is 8.42 Å². The van der Waals surface area contributed by atoms with Gasteiger partial charge < -0.3 is 10.5 Å². The van der Waals surface area contributed by atoms with E-state index in [4.69, 9.17) is 10.5 Å². The zero-order chi connectivity index (χ0) is 14.2. The Morgan fingerprint density at radius 1 is 1.32 bits per heavy atom. The summed E-state index contributed by atoms with van der Waals surface area (Å²) in [4.78, 5) is 0.187. The van der Waals surface area contributed by atoms with Crippen LogP contribution in [-0.2, 0) is 14.8 Å². The van der Waals surface area contributed by atoms with E-state index in [1.807, 2.05) is 13.0 Å². The third kappa shape index (κ3) is 2.75. The third-order valence-electron chi connectivity index (χ3n) is 3.56. The lowest BCUT2D eigenvalue weighted by Crippen LogP contribution is -2.39. The summed E-state index contributed by atoms with van der Waals surface area (Å²) < 4.78 is 33.0. The molecule has 0 aromatic heterocycles. The Bertz CT molecular complexity index is 584. The van der Waals surface area contributed by atoms with Crippen LogP contribution in [0.15, 0.2) is 17.0 Å². The van der Waals surface area contributed by atoms with Crippen molar-refractivity contribution in [3.05, 3.63) is 23.3 Å². The number of hydrogen-bond donors (Lipinski definition) is 2. The number of nitrogen functional groups attached to an aromatic ring is 1. The van der Waals surface area contributed by atoms with Crippen molar-refractivity contribution in [2.45, 2.75) is 44.2 Å². The number of sulfonamides is 1. The standard InChI is InChI=1S/C13H20N2O3S/c1-8-4-5-9(2)13(12(8)14)19(16,17)15-11-6-7-18-10(11)3/h4-5,10-11,15H,6-7,14H2,1-3H3. The van der Waals surface area contributed by atoms with Crippen LogP contribution in [0.3, 0.4) is 0 Å². The van der Waals surface area contributed by atoms with Crippen molar-refractivity contribution in [3.63, 3.8) is 0 Å². The van der Waals surface area contributed by atoms with E-state index in [2.05, 4.69) is 4.72 Å². The van der Waals surface area contributed by atoms with Gasteiger partial charge in [0.2, 0.25) is 10.0 Å². The SMILES string of the molecule is Cc1ccc(C)c(S(=O)(=O)NC2CCOC2C)c1N. The van der Waals surface area contributed by atoms with Crippen LogP contribution < -0.4 is 10.5 Å². The molecule has 0 spiro atoms. The van der Waals surface area contributed by atoms with E-state index in [0.717, 1.165) is 5.56 Å². The Balaban J connectivity index is 2.37. The maximum Gasteiger partial charge on any atom is 0.243 e. The maximum atomic E-state index is 12.5. The second kappa shape index (κ2) is 5.11. The molecule has 1 saturated heterocycles. The third-order valence-corrected chi connectivity index (χ3v) is 5.25. The molecule has 0 aliphatic carbocycles. The van der Waals surface area contributed by atoms with Gasteiger partial charge >= 0.3 is 0 Å². The van der Waals surface area contributed by atoms with Crippen molar-refractivity contribution in [1.82, 2.24) is 4.72 Å². The van der Waals surface area contributed by atoms with Gasteiger partial charge in [0.1, 0.15) is 4.90 Å². The molecule has 3 N–H and O–H groups in total. The van der Waals surface area contributed by atoms with Crippen molar-refractivity contribution in [2.24, 2.45) is 0 Å². The molecule has 0 saturated carbocycles. The van der Waals surface area contributed by atoms with Crippen molar-refractivity contribution in [3.8, 4) is 0 Å². The summed E-state index contributed by atoms with van der Waals surface area (Å²) in [6, 6.07) is 3.41. The average Bonchev–Trinajstić information content (AvgIpc) is 2.69. The lowest BCUT2D eigenvalue weighted by Gasteiger charge is -2.19. The van der Waals surface area contributed by atoms with Crippen LogP contribution in [0.25, 0.3) is 0 Å². The highest BCUT2D eigenvalue weighted by atomic mass is 32.2. The Morgan fingerprint density at radius 2 is 1.95 bits per heavy atom. The topological polar surface area (TPSA) is 81.4 Å². The zero-order valence-electron chi connectivity index (χ0n) is 11.4. The van der Waals surface area contributed by atoms with E-state index in [0.29, 0.717) is 24.3 Å². The molecule has 1 heterocycles. The van der Waals surface area contributed by atoms with Gasteiger partial charge in [0.05, 0.1) is 17.8 Å². The molecule has 1 aromatic rings. The molecule has 1 aliphatic heterocycles. The van der Waals surface area contributed by atoms with Crippen LogP contribution in [0.1, 0.15) is 24.5 Å². The normalized spacial score (nSPS) is 23.7. The van der Waals surface area contributed by atoms with Crippen molar-refractivity contribution in [2.75, 3.05) is 12.3 Å². The van der Waals surface area contributed by atoms with Gasteiger partial charge in [0.25, 0.3) is 0 Å². The summed E-state index contributed by atoms with van der Waals surface area (Å²) in [6.07, 6.45) is 0.576. The quantitative estimate of drug-likeness (QED) is 0.821. The van der Waals surface area contributed by atoms with Crippen molar-refractivity contribution in [1.29, 1.82) is 0 Å². The monoisotopic (exact) mass is 284 g/mol. The number of hydrogen-bond acceptors (Lipinski definition) is 4. The predicted octanol–water partition coefficient (Wildman–Crippen LogP) is 1.34. The van der Waals surface area contributed by atoms with E-state index >= 15 is 0 Å². The summed E-state index contributed by atoms with van der Waals surface area (Å²) >= 11 is 0. The van der Waals surface area contributed by atoms with E-state index in [1.54, 1.807) is 19.9 Å². The fourth-order valence-electron chi connectivity index (χ4n) is 2.31. The fraction of sp³-hybridized carbons (Fsp3) is 0.538. The highest BCUT2D eigenvalue weighted by Gasteiger charge is 2.31. The number of aryl methyl sites for hydroxylation is 2. The largest absolute Gasteiger partial charge is 0.397 e. The maximum absolute atomic E-state index is 12.5. The Labute approximate surface area is 114 Å². The highest BCUT2D eigenvalue weighted by molar-refractivity contribution is 7.89. The summed E-state index contributed by atoms with van der Waals surface area (Å²) in [6.45, 7) is 6.00. The first-order chi connectivity index (χ1) is 8.83. The van der Waals surface area contributed by atoms with Gasteiger partial charge in [0.15, 0.2) is 0 Å². The molecule has 1 aliphatic rings. The van der Waals surface area contributed by atoms with Gasteiger partial charge in [-0.05, 0) is 38.3 Å². The van der Waals surface area contributed by atoms with E-state index in [-0.39, 0.29) is 17.0 Å². The molecule has 2 atom stereocenters. The molecule has 0 radical (unpaired) electrons. The molecular weight excluding hydrogens is 264 g/mol. The minimum atomic E-state index is -3.62. The van der Waals surface area contributed by atoms with Crippen molar-refractivity contribution < 1.29 is 13.2 Å². The lowest BCUT2D eigenvalue weighted by molar-refractivity contribution is 0.117. The summed E-state index contributed by atoms with van der Waals surface area (Å²) in [5.74, 6) is 0. The molecule has 6 heteroatoms. The van der Waals surface area contributed by atoms with Gasteiger partial charge in [-0.25, -0.2) is 13.1 Å². The van der Waals surface area contributed by atoms with Crippen LogP contribution >= 0.6 is 0 Å².